The number of nitrogens with two attached hydrogens (primary N) is 1. The second-order valence-corrected chi connectivity index (χ2v) is 6.26. The number of alkyl carbamates (subject to hydrolysis) is 1. The average Bonchev–Trinajstić information content (AvgIpc) is 2.28. The summed E-state index contributed by atoms with van der Waals surface area (Å²) in [5.41, 5.74) is 4.77. The zero-order valence-corrected chi connectivity index (χ0v) is 11.6. The predicted octanol–water partition coefficient (Wildman–Crippen LogP) is 2.37. The summed E-state index contributed by atoms with van der Waals surface area (Å²) in [5, 5.41) is 2.84. The topological polar surface area (TPSA) is 64.3 Å². The molecule has 1 aliphatic rings. The summed E-state index contributed by atoms with van der Waals surface area (Å²) in [5.74, 6) is 0. The number of halogens is 1. The van der Waals surface area contributed by atoms with Gasteiger partial charge in [-0.25, -0.2) is 4.79 Å². The molecule has 0 aromatic carbocycles. The van der Waals surface area contributed by atoms with Gasteiger partial charge in [0.15, 0.2) is 0 Å². The van der Waals surface area contributed by atoms with Crippen LogP contribution in [0.3, 0.4) is 0 Å². The van der Waals surface area contributed by atoms with Crippen LogP contribution in [-0.2, 0) is 4.74 Å². The van der Waals surface area contributed by atoms with Crippen molar-refractivity contribution in [2.24, 2.45) is 11.1 Å². The van der Waals surface area contributed by atoms with Gasteiger partial charge in [-0.3, -0.25) is 4.39 Å². The Morgan fingerprint density at radius 2 is 2.00 bits per heavy atom. The van der Waals surface area contributed by atoms with E-state index in [1.54, 1.807) is 0 Å². The van der Waals surface area contributed by atoms with Gasteiger partial charge in [0.1, 0.15) is 5.60 Å². The van der Waals surface area contributed by atoms with E-state index in [0.717, 1.165) is 25.7 Å². The number of alkyl halides is 1. The molecule has 0 unspecified atom stereocenters. The highest BCUT2D eigenvalue weighted by molar-refractivity contribution is 5.68. The Kier molecular flexibility index (Phi) is 4.96. The van der Waals surface area contributed by atoms with Crippen LogP contribution in [0.2, 0.25) is 0 Å². The molecule has 1 fully saturated rings. The van der Waals surface area contributed by atoms with Crippen molar-refractivity contribution in [3.63, 3.8) is 0 Å². The molecular formula is C13H25FN2O2. The number of carbonyl (C=O) groups is 1. The first-order valence-electron chi connectivity index (χ1n) is 6.56. The summed E-state index contributed by atoms with van der Waals surface area (Å²) in [7, 11) is 0. The highest BCUT2D eigenvalue weighted by Gasteiger charge is 2.35. The second kappa shape index (κ2) is 5.87. The molecule has 1 amide bonds. The molecule has 0 saturated heterocycles. The molecule has 106 valence electrons. The molecule has 1 aliphatic carbocycles. The van der Waals surface area contributed by atoms with Gasteiger partial charge in [0, 0.05) is 18.0 Å². The smallest absolute Gasteiger partial charge is 0.407 e. The van der Waals surface area contributed by atoms with E-state index in [4.69, 9.17) is 10.5 Å². The van der Waals surface area contributed by atoms with Crippen LogP contribution in [0.4, 0.5) is 9.18 Å². The molecule has 4 nitrogen and oxygen atoms in total. The number of ether oxygens (including phenoxy) is 1. The number of hydrogen-bond donors (Lipinski definition) is 2. The third-order valence-electron chi connectivity index (χ3n) is 3.48. The van der Waals surface area contributed by atoms with Crippen molar-refractivity contribution in [3.05, 3.63) is 0 Å². The quantitative estimate of drug-likeness (QED) is 0.818. The number of hydrogen-bond acceptors (Lipinski definition) is 3. The van der Waals surface area contributed by atoms with Crippen LogP contribution in [-0.4, -0.2) is 31.0 Å². The molecule has 0 aromatic rings. The van der Waals surface area contributed by atoms with Gasteiger partial charge in [0.05, 0.1) is 6.67 Å². The molecule has 0 atom stereocenters. The second-order valence-electron chi connectivity index (χ2n) is 6.26. The van der Waals surface area contributed by atoms with Gasteiger partial charge in [-0.1, -0.05) is 0 Å². The van der Waals surface area contributed by atoms with Gasteiger partial charge in [-0.05, 0) is 46.5 Å². The number of nitrogens with one attached hydrogen (secondary N) is 1. The van der Waals surface area contributed by atoms with Gasteiger partial charge >= 0.3 is 6.09 Å². The van der Waals surface area contributed by atoms with Crippen LogP contribution in [0.25, 0.3) is 0 Å². The van der Waals surface area contributed by atoms with Gasteiger partial charge in [-0.2, -0.15) is 0 Å². The minimum atomic E-state index is -0.487. The maximum Gasteiger partial charge on any atom is 0.407 e. The Hall–Kier alpha value is -0.840. The fourth-order valence-corrected chi connectivity index (χ4v) is 2.24. The molecule has 3 N–H and O–H groups in total. The fourth-order valence-electron chi connectivity index (χ4n) is 2.24. The van der Waals surface area contributed by atoms with Gasteiger partial charge < -0.3 is 15.8 Å². The Morgan fingerprint density at radius 1 is 1.44 bits per heavy atom. The molecular weight excluding hydrogens is 235 g/mol. The lowest BCUT2D eigenvalue weighted by Gasteiger charge is -2.37. The molecule has 0 heterocycles. The Bertz CT molecular complexity index is 275. The van der Waals surface area contributed by atoms with E-state index in [0.29, 0.717) is 6.54 Å². The molecule has 0 bridgehead atoms. The van der Waals surface area contributed by atoms with Crippen LogP contribution in [0, 0.1) is 5.41 Å². The van der Waals surface area contributed by atoms with E-state index in [2.05, 4.69) is 5.32 Å². The third-order valence-corrected chi connectivity index (χ3v) is 3.48. The molecule has 0 aliphatic heterocycles. The Morgan fingerprint density at radius 3 is 2.39 bits per heavy atom. The van der Waals surface area contributed by atoms with Gasteiger partial charge in [0.25, 0.3) is 0 Å². The molecule has 1 saturated carbocycles. The van der Waals surface area contributed by atoms with E-state index in [1.807, 2.05) is 20.8 Å². The molecule has 1 rings (SSSR count). The lowest BCUT2D eigenvalue weighted by molar-refractivity contribution is 0.0460. The van der Waals surface area contributed by atoms with Crippen molar-refractivity contribution in [1.82, 2.24) is 5.32 Å². The van der Waals surface area contributed by atoms with Crippen LogP contribution >= 0.6 is 0 Å². The van der Waals surface area contributed by atoms with Gasteiger partial charge in [-0.15, -0.1) is 0 Å². The zero-order valence-electron chi connectivity index (χ0n) is 11.6. The lowest BCUT2D eigenvalue weighted by atomic mass is 9.73. The van der Waals surface area contributed by atoms with Crippen LogP contribution in [0.1, 0.15) is 46.5 Å². The number of carbonyl (C=O) groups excluding carboxylic acids is 1. The van der Waals surface area contributed by atoms with Crippen molar-refractivity contribution in [3.8, 4) is 0 Å². The number of rotatable bonds is 3. The molecule has 0 aromatic heterocycles. The highest BCUT2D eigenvalue weighted by atomic mass is 19.1. The minimum Gasteiger partial charge on any atom is -0.444 e. The number of amides is 1. The molecule has 18 heavy (non-hydrogen) atoms. The minimum absolute atomic E-state index is 0.0751. The predicted molar refractivity (Wildman–Crippen MR) is 69.1 cm³/mol. The maximum absolute atomic E-state index is 13.0. The molecule has 0 radical (unpaired) electrons. The van der Waals surface area contributed by atoms with Crippen molar-refractivity contribution in [1.29, 1.82) is 0 Å². The highest BCUT2D eigenvalue weighted by Crippen LogP contribution is 2.35. The van der Waals surface area contributed by atoms with E-state index >= 15 is 0 Å². The van der Waals surface area contributed by atoms with Crippen molar-refractivity contribution in [2.75, 3.05) is 13.2 Å². The monoisotopic (exact) mass is 260 g/mol. The Balaban J connectivity index is 2.38. The van der Waals surface area contributed by atoms with E-state index in [-0.39, 0.29) is 18.1 Å². The lowest BCUT2D eigenvalue weighted by Crippen LogP contribution is -2.45. The summed E-state index contributed by atoms with van der Waals surface area (Å²) in [6, 6.07) is 0.0751. The van der Waals surface area contributed by atoms with Crippen LogP contribution in [0.15, 0.2) is 0 Å². The largest absolute Gasteiger partial charge is 0.444 e. The van der Waals surface area contributed by atoms with E-state index in [9.17, 15) is 9.18 Å². The van der Waals surface area contributed by atoms with Crippen molar-refractivity contribution in [2.45, 2.75) is 58.1 Å². The fraction of sp³-hybridized carbons (Fsp3) is 0.923. The van der Waals surface area contributed by atoms with Gasteiger partial charge in [0.2, 0.25) is 0 Å². The summed E-state index contributed by atoms with van der Waals surface area (Å²) < 4.78 is 18.2. The first-order chi connectivity index (χ1) is 8.30. The summed E-state index contributed by atoms with van der Waals surface area (Å²) in [4.78, 5) is 11.6. The molecule has 5 heteroatoms. The maximum atomic E-state index is 13.0. The first-order valence-corrected chi connectivity index (χ1v) is 6.56. The SMILES string of the molecule is CC(C)(C)OC(=O)NC1CCC(CN)(CF)CC1. The normalized spacial score (nSPS) is 28.8. The zero-order chi connectivity index (χ0) is 13.8. The Labute approximate surface area is 108 Å². The summed E-state index contributed by atoms with van der Waals surface area (Å²) >= 11 is 0. The van der Waals surface area contributed by atoms with Crippen LogP contribution < -0.4 is 11.1 Å². The average molecular weight is 260 g/mol. The standard InChI is InChI=1S/C13H25FN2O2/c1-12(2,3)18-11(17)16-10-4-6-13(8-14,9-15)7-5-10/h10H,4-9,15H2,1-3H3,(H,16,17). The van der Waals surface area contributed by atoms with E-state index in [1.165, 1.54) is 0 Å². The first kappa shape index (κ1) is 15.2. The van der Waals surface area contributed by atoms with Crippen molar-refractivity contribution >= 4 is 6.09 Å². The summed E-state index contributed by atoms with van der Waals surface area (Å²) in [6.07, 6.45) is 2.58. The van der Waals surface area contributed by atoms with E-state index < -0.39 is 11.7 Å². The third kappa shape index (κ3) is 4.44. The van der Waals surface area contributed by atoms with Crippen LogP contribution in [0.5, 0.6) is 0 Å². The molecule has 0 spiro atoms. The summed E-state index contributed by atoms with van der Waals surface area (Å²) in [6.45, 7) is 5.49. The van der Waals surface area contributed by atoms with Crippen molar-refractivity contribution < 1.29 is 13.9 Å².